The van der Waals surface area contributed by atoms with Gasteiger partial charge in [-0.2, -0.15) is 5.10 Å². The molecule has 0 amide bonds. The van der Waals surface area contributed by atoms with E-state index in [0.717, 1.165) is 60.0 Å². The van der Waals surface area contributed by atoms with Gasteiger partial charge >= 0.3 is 0 Å². The van der Waals surface area contributed by atoms with E-state index in [2.05, 4.69) is 74.8 Å². The van der Waals surface area contributed by atoms with E-state index >= 15 is 0 Å². The summed E-state index contributed by atoms with van der Waals surface area (Å²) in [5.41, 5.74) is 6.89. The first-order chi connectivity index (χ1) is 17.1. The van der Waals surface area contributed by atoms with Gasteiger partial charge in [-0.15, -0.1) is 0 Å². The van der Waals surface area contributed by atoms with E-state index in [1.807, 2.05) is 24.5 Å². The summed E-state index contributed by atoms with van der Waals surface area (Å²) in [5, 5.41) is 11.2. The van der Waals surface area contributed by atoms with Crippen LogP contribution in [0.25, 0.3) is 11.2 Å². The monoisotopic (exact) mass is 467 g/mol. The minimum absolute atomic E-state index is 0.179. The lowest BCUT2D eigenvalue weighted by atomic mass is 10.0. The number of hydrogen-bond acceptors (Lipinski definition) is 8. The molecular weight excluding hydrogens is 438 g/mol. The van der Waals surface area contributed by atoms with Crippen molar-refractivity contribution in [2.75, 3.05) is 43.4 Å². The zero-order valence-electron chi connectivity index (χ0n) is 20.0. The molecule has 9 heteroatoms. The fraction of sp³-hybridized carbons (Fsp3) is 0.308. The Morgan fingerprint density at radius 2 is 1.94 bits per heavy atom. The summed E-state index contributed by atoms with van der Waals surface area (Å²) >= 11 is 0. The molecule has 6 rings (SSSR count). The molecule has 0 bridgehead atoms. The summed E-state index contributed by atoms with van der Waals surface area (Å²) < 4.78 is 1.77. The second-order valence-electron chi connectivity index (χ2n) is 9.22. The topological polar surface area (TPSA) is 86.5 Å². The number of aromatic nitrogens is 5. The highest BCUT2D eigenvalue weighted by Crippen LogP contribution is 2.29. The summed E-state index contributed by atoms with van der Waals surface area (Å²) in [4.78, 5) is 19.2. The van der Waals surface area contributed by atoms with Crippen LogP contribution >= 0.6 is 0 Å². The van der Waals surface area contributed by atoms with E-state index in [0.29, 0.717) is 12.5 Å². The van der Waals surface area contributed by atoms with Crippen LogP contribution in [0, 0.1) is 0 Å². The number of nitrogens with zero attached hydrogens (tertiary/aromatic N) is 7. The number of fused-ring (bicyclic) bond motifs is 2. The van der Waals surface area contributed by atoms with Gasteiger partial charge in [0, 0.05) is 79.7 Å². The predicted octanol–water partition coefficient (Wildman–Crippen LogP) is 2.94. The Balaban J connectivity index is 1.28. The zero-order valence-corrected chi connectivity index (χ0v) is 20.0. The SMILES string of the molecule is C[C@@H]1C=C(c2ccn3nccc3n2)c2cnc(Nc3cccc(N4CCN(C)CC4)c3)nc2CN1. The van der Waals surface area contributed by atoms with Crippen LogP contribution in [0.2, 0.25) is 0 Å². The number of nitrogens with one attached hydrogen (secondary N) is 2. The van der Waals surface area contributed by atoms with E-state index in [1.165, 1.54) is 5.69 Å². The highest BCUT2D eigenvalue weighted by molar-refractivity contribution is 5.80. The Morgan fingerprint density at radius 3 is 2.83 bits per heavy atom. The standard InChI is InChI=1S/C26H29N9/c1-18-14-21(23-7-9-35-25(31-23)6-8-29-35)22-16-28-26(32-24(22)17-27-18)30-19-4-3-5-20(15-19)34-12-10-33(2)11-13-34/h3-9,14-16,18,27H,10-13,17H2,1-2H3,(H,28,30,32)/t18-/m1/s1. The molecule has 0 aliphatic carbocycles. The van der Waals surface area contributed by atoms with Gasteiger partial charge in [-0.3, -0.25) is 0 Å². The average Bonchev–Trinajstić information content (AvgIpc) is 3.28. The second kappa shape index (κ2) is 9.09. The Kier molecular flexibility index (Phi) is 5.63. The molecule has 1 fully saturated rings. The minimum Gasteiger partial charge on any atom is -0.369 e. The zero-order chi connectivity index (χ0) is 23.8. The lowest BCUT2D eigenvalue weighted by molar-refractivity contribution is 0.313. The van der Waals surface area contributed by atoms with Gasteiger partial charge in [0.25, 0.3) is 0 Å². The van der Waals surface area contributed by atoms with Gasteiger partial charge in [-0.05, 0) is 38.2 Å². The van der Waals surface area contributed by atoms with Crippen molar-refractivity contribution in [1.82, 2.24) is 34.8 Å². The summed E-state index contributed by atoms with van der Waals surface area (Å²) in [6.07, 6.45) is 7.79. The van der Waals surface area contributed by atoms with Crippen LogP contribution in [-0.2, 0) is 6.54 Å². The summed E-state index contributed by atoms with van der Waals surface area (Å²) in [5.74, 6) is 0.592. The lowest BCUT2D eigenvalue weighted by Gasteiger charge is -2.34. The molecule has 9 nitrogen and oxygen atoms in total. The highest BCUT2D eigenvalue weighted by Gasteiger charge is 2.20. The van der Waals surface area contributed by atoms with Crippen LogP contribution < -0.4 is 15.5 Å². The first kappa shape index (κ1) is 21.7. The first-order valence-electron chi connectivity index (χ1n) is 12.1. The number of benzene rings is 1. The third kappa shape index (κ3) is 4.48. The third-order valence-corrected chi connectivity index (χ3v) is 6.67. The van der Waals surface area contributed by atoms with Crippen molar-refractivity contribution in [2.45, 2.75) is 19.5 Å². The van der Waals surface area contributed by atoms with Gasteiger partial charge in [-0.25, -0.2) is 19.5 Å². The van der Waals surface area contributed by atoms with Crippen LogP contribution in [0.15, 0.2) is 61.1 Å². The molecule has 0 spiro atoms. The normalized spacial score (nSPS) is 18.7. The van der Waals surface area contributed by atoms with E-state index in [1.54, 1.807) is 10.7 Å². The first-order valence-corrected chi connectivity index (χ1v) is 12.1. The fourth-order valence-electron chi connectivity index (χ4n) is 4.65. The maximum atomic E-state index is 4.89. The van der Waals surface area contributed by atoms with Crippen molar-refractivity contribution in [2.24, 2.45) is 0 Å². The number of likely N-dealkylation sites (N-methyl/N-ethyl adjacent to an activating group) is 1. The molecule has 1 atom stereocenters. The lowest BCUT2D eigenvalue weighted by Crippen LogP contribution is -2.44. The molecule has 0 saturated carbocycles. The number of piperazine rings is 1. The Bertz CT molecular complexity index is 1380. The average molecular weight is 468 g/mol. The molecule has 0 unspecified atom stereocenters. The Labute approximate surface area is 204 Å². The maximum absolute atomic E-state index is 4.89. The van der Waals surface area contributed by atoms with E-state index in [4.69, 9.17) is 9.97 Å². The molecular formula is C26H29N9. The van der Waals surface area contributed by atoms with Gasteiger partial charge in [0.1, 0.15) is 0 Å². The van der Waals surface area contributed by atoms with Crippen molar-refractivity contribution in [3.05, 3.63) is 78.0 Å². The minimum atomic E-state index is 0.179. The molecule has 3 aromatic heterocycles. The smallest absolute Gasteiger partial charge is 0.227 e. The molecule has 2 aliphatic heterocycles. The van der Waals surface area contributed by atoms with Crippen molar-refractivity contribution in [1.29, 1.82) is 0 Å². The quantitative estimate of drug-likeness (QED) is 0.474. The summed E-state index contributed by atoms with van der Waals surface area (Å²) in [7, 11) is 2.17. The van der Waals surface area contributed by atoms with Crippen molar-refractivity contribution < 1.29 is 0 Å². The molecule has 5 heterocycles. The molecule has 1 saturated heterocycles. The largest absolute Gasteiger partial charge is 0.369 e. The molecule has 178 valence electrons. The molecule has 2 N–H and O–H groups in total. The van der Waals surface area contributed by atoms with Crippen LogP contribution in [0.4, 0.5) is 17.3 Å². The van der Waals surface area contributed by atoms with Gasteiger partial charge < -0.3 is 20.4 Å². The van der Waals surface area contributed by atoms with Gasteiger partial charge in [0.2, 0.25) is 5.95 Å². The number of rotatable bonds is 4. The van der Waals surface area contributed by atoms with Crippen molar-refractivity contribution in [3.63, 3.8) is 0 Å². The maximum Gasteiger partial charge on any atom is 0.227 e. The van der Waals surface area contributed by atoms with Crippen LogP contribution in [0.3, 0.4) is 0 Å². The molecule has 0 radical (unpaired) electrons. The highest BCUT2D eigenvalue weighted by atomic mass is 15.3. The van der Waals surface area contributed by atoms with Crippen molar-refractivity contribution in [3.8, 4) is 0 Å². The van der Waals surface area contributed by atoms with Crippen LogP contribution in [-0.4, -0.2) is 68.7 Å². The van der Waals surface area contributed by atoms with E-state index < -0.39 is 0 Å². The molecule has 1 aromatic carbocycles. The van der Waals surface area contributed by atoms with Crippen LogP contribution in [0.1, 0.15) is 23.9 Å². The summed E-state index contributed by atoms with van der Waals surface area (Å²) in [6, 6.07) is 12.6. The van der Waals surface area contributed by atoms with Crippen LogP contribution in [0.5, 0.6) is 0 Å². The Morgan fingerprint density at radius 1 is 1.06 bits per heavy atom. The Hall–Kier alpha value is -3.82. The van der Waals surface area contributed by atoms with Crippen molar-refractivity contribution >= 4 is 28.5 Å². The third-order valence-electron chi connectivity index (χ3n) is 6.67. The van der Waals surface area contributed by atoms with Gasteiger partial charge in [0.05, 0.1) is 17.6 Å². The molecule has 35 heavy (non-hydrogen) atoms. The van der Waals surface area contributed by atoms with E-state index in [9.17, 15) is 0 Å². The van der Waals surface area contributed by atoms with Gasteiger partial charge in [0.15, 0.2) is 5.65 Å². The second-order valence-corrected chi connectivity index (χ2v) is 9.22. The molecule has 2 aliphatic rings. The summed E-state index contributed by atoms with van der Waals surface area (Å²) in [6.45, 7) is 7.02. The van der Waals surface area contributed by atoms with Gasteiger partial charge in [-0.1, -0.05) is 12.1 Å². The number of anilines is 3. The predicted molar refractivity (Wildman–Crippen MR) is 138 cm³/mol. The molecule has 4 aromatic rings. The van der Waals surface area contributed by atoms with E-state index in [-0.39, 0.29) is 6.04 Å². The number of hydrogen-bond donors (Lipinski definition) is 2. The fourth-order valence-corrected chi connectivity index (χ4v) is 4.65.